The van der Waals surface area contributed by atoms with Crippen molar-refractivity contribution in [3.63, 3.8) is 0 Å². The minimum Gasteiger partial charge on any atom is -0.492 e. The quantitative estimate of drug-likeness (QED) is 0.101. The number of benzene rings is 3. The fraction of sp³-hybridized carbons (Fsp3) is 0.404. The van der Waals surface area contributed by atoms with Crippen molar-refractivity contribution in [1.82, 2.24) is 20.2 Å². The maximum absolute atomic E-state index is 14.7. The highest BCUT2D eigenvalue weighted by atomic mass is 19.4. The summed E-state index contributed by atoms with van der Waals surface area (Å²) in [5, 5.41) is 12.0. The first-order chi connectivity index (χ1) is 31.0. The highest BCUT2D eigenvalue weighted by Gasteiger charge is 2.37. The predicted molar refractivity (Wildman–Crippen MR) is 234 cm³/mol. The summed E-state index contributed by atoms with van der Waals surface area (Å²) in [5.74, 6) is -3.71. The highest BCUT2D eigenvalue weighted by molar-refractivity contribution is 6.00. The van der Waals surface area contributed by atoms with E-state index >= 15 is 0 Å². The van der Waals surface area contributed by atoms with Crippen LogP contribution in [-0.4, -0.2) is 90.0 Å². The van der Waals surface area contributed by atoms with Crippen molar-refractivity contribution < 1.29 is 46.6 Å². The van der Waals surface area contributed by atoms with E-state index < -0.39 is 59.0 Å². The van der Waals surface area contributed by atoms with Gasteiger partial charge in [-0.25, -0.2) is 9.97 Å². The average molecular weight is 899 g/mol. The Labute approximate surface area is 374 Å². The minimum absolute atomic E-state index is 0.00316. The van der Waals surface area contributed by atoms with Crippen LogP contribution in [0.15, 0.2) is 66.9 Å². The predicted octanol–water partition coefficient (Wildman–Crippen LogP) is 5.06. The molecule has 65 heavy (non-hydrogen) atoms. The first-order valence-electron chi connectivity index (χ1n) is 21.2. The third-order valence-electron chi connectivity index (χ3n) is 11.1. The van der Waals surface area contributed by atoms with Crippen LogP contribution in [0.5, 0.6) is 11.5 Å². The van der Waals surface area contributed by atoms with E-state index in [1.165, 1.54) is 37.2 Å². The van der Waals surface area contributed by atoms with Crippen molar-refractivity contribution in [1.29, 1.82) is 5.26 Å². The fourth-order valence-corrected chi connectivity index (χ4v) is 7.66. The zero-order valence-corrected chi connectivity index (χ0v) is 36.5. The van der Waals surface area contributed by atoms with E-state index in [0.29, 0.717) is 39.3 Å². The zero-order valence-electron chi connectivity index (χ0n) is 36.5. The number of Topliss-reactive ketones (excluding diaryl/α,β-unsaturated/α-hetero) is 3. The largest absolute Gasteiger partial charge is 0.492 e. The van der Waals surface area contributed by atoms with Crippen molar-refractivity contribution in [3.05, 3.63) is 94.8 Å². The van der Waals surface area contributed by atoms with E-state index in [1.54, 1.807) is 43.3 Å². The second kappa shape index (κ2) is 22.4. The van der Waals surface area contributed by atoms with Gasteiger partial charge in [0.15, 0.2) is 23.2 Å². The van der Waals surface area contributed by atoms with Gasteiger partial charge in [-0.05, 0) is 73.8 Å². The van der Waals surface area contributed by atoms with E-state index in [1.807, 2.05) is 6.07 Å². The molecule has 0 aliphatic carbocycles. The number of hydrogen-bond acceptors (Lipinski definition) is 13. The molecule has 0 saturated heterocycles. The molecule has 1 aliphatic heterocycles. The van der Waals surface area contributed by atoms with Gasteiger partial charge < -0.3 is 36.9 Å². The number of rotatable bonds is 17. The second-order valence-corrected chi connectivity index (χ2v) is 15.8. The number of fused-ring (bicyclic) bond motifs is 5. The summed E-state index contributed by atoms with van der Waals surface area (Å²) >= 11 is 0. The van der Waals surface area contributed by atoms with Gasteiger partial charge in [-0.3, -0.25) is 24.0 Å². The monoisotopic (exact) mass is 898 g/mol. The van der Waals surface area contributed by atoms with Crippen molar-refractivity contribution in [3.8, 4) is 40.1 Å². The molecule has 0 radical (unpaired) electrons. The summed E-state index contributed by atoms with van der Waals surface area (Å²) in [6.07, 6.45) is -4.03. The van der Waals surface area contributed by atoms with Crippen molar-refractivity contribution in [2.45, 2.75) is 70.6 Å². The van der Waals surface area contributed by atoms with Gasteiger partial charge in [0.1, 0.15) is 30.8 Å². The van der Waals surface area contributed by atoms with Gasteiger partial charge in [0.05, 0.1) is 28.9 Å². The van der Waals surface area contributed by atoms with E-state index in [-0.39, 0.29) is 94.2 Å². The maximum Gasteiger partial charge on any atom is 0.416 e. The summed E-state index contributed by atoms with van der Waals surface area (Å²) in [7, 11) is 1.43. The molecule has 344 valence electrons. The van der Waals surface area contributed by atoms with Crippen LogP contribution in [0.3, 0.4) is 0 Å². The van der Waals surface area contributed by atoms with Crippen LogP contribution in [0.1, 0.15) is 77.8 Å². The Hall–Kier alpha value is -6.55. The van der Waals surface area contributed by atoms with E-state index in [2.05, 4.69) is 15.3 Å². The van der Waals surface area contributed by atoms with Gasteiger partial charge in [0.2, 0.25) is 11.8 Å². The van der Waals surface area contributed by atoms with Crippen LogP contribution >= 0.6 is 0 Å². The number of aromatic nitrogens is 2. The van der Waals surface area contributed by atoms with Gasteiger partial charge >= 0.3 is 6.18 Å². The van der Waals surface area contributed by atoms with Gasteiger partial charge in [-0.2, -0.15) is 18.4 Å². The lowest BCUT2D eigenvalue weighted by Gasteiger charge is -2.32. The Morgan fingerprint density at radius 1 is 0.938 bits per heavy atom. The van der Waals surface area contributed by atoms with Gasteiger partial charge in [-0.15, -0.1) is 0 Å². The van der Waals surface area contributed by atoms with Gasteiger partial charge in [0, 0.05) is 80.5 Å². The standard InChI is InChI=1S/C47H53F3N8O7/c1-27-21-40(61)43(58(3)46(63)32(14-16-52)25-39(60)36-26-55-44(56-28(36)2)30-7-10-33(11-8-30)47(48,49)50)31-9-13-42(65-20-18-54)35(24-31)34-22-29(6-12-41(34)64-19-17-53)23-37(57-45(27)62)38(59)5-4-15-51/h6-13,22,24,26-27,32,37,43H,4-5,14,16-21,23,25,52-54H2,1-3H3,(H,57,62)/t27-,32-,37+,43+/m1/s1. The van der Waals surface area contributed by atoms with Crippen LogP contribution in [0, 0.1) is 30.1 Å². The Kier molecular flexibility index (Phi) is 17.0. The summed E-state index contributed by atoms with van der Waals surface area (Å²) in [6.45, 7) is 3.72. The molecule has 15 nitrogen and oxygen atoms in total. The Bertz CT molecular complexity index is 2420. The number of alkyl halides is 3. The Morgan fingerprint density at radius 3 is 2.18 bits per heavy atom. The van der Waals surface area contributed by atoms with E-state index in [0.717, 1.165) is 12.1 Å². The van der Waals surface area contributed by atoms with Gasteiger partial charge in [-0.1, -0.05) is 31.2 Å². The number of amides is 2. The first kappa shape index (κ1) is 49.5. The third-order valence-corrected chi connectivity index (χ3v) is 11.1. The number of carbonyl (C=O) groups is 5. The van der Waals surface area contributed by atoms with Crippen molar-refractivity contribution in [2.75, 3.05) is 39.9 Å². The molecule has 0 spiro atoms. The summed E-state index contributed by atoms with van der Waals surface area (Å²) in [5.41, 5.74) is 19.4. The number of nitrogens with two attached hydrogens (primary N) is 3. The number of nitrogens with one attached hydrogen (secondary N) is 1. The smallest absolute Gasteiger partial charge is 0.416 e. The molecule has 0 saturated carbocycles. The number of ketones is 3. The molecule has 2 amide bonds. The molecule has 0 unspecified atom stereocenters. The number of nitriles is 1. The molecule has 7 N–H and O–H groups in total. The third kappa shape index (κ3) is 12.4. The molecule has 5 rings (SSSR count). The number of ether oxygens (including phenoxy) is 2. The second-order valence-electron chi connectivity index (χ2n) is 15.8. The molecule has 4 atom stereocenters. The van der Waals surface area contributed by atoms with E-state index in [4.69, 9.17) is 26.7 Å². The lowest BCUT2D eigenvalue weighted by Crippen LogP contribution is -2.46. The maximum atomic E-state index is 14.7. The Morgan fingerprint density at radius 2 is 1.58 bits per heavy atom. The number of nitrogens with zero attached hydrogens (tertiary/aromatic N) is 4. The number of hydrogen-bond donors (Lipinski definition) is 4. The van der Waals surface area contributed by atoms with Gasteiger partial charge in [0.25, 0.3) is 0 Å². The topological polar surface area (TPSA) is 247 Å². The molecule has 2 heterocycles. The number of aryl methyl sites for hydroxylation is 1. The van der Waals surface area contributed by atoms with Crippen LogP contribution in [-0.2, 0) is 31.8 Å². The fourth-order valence-electron chi connectivity index (χ4n) is 7.66. The number of likely N-dealkylation sites (N-methyl/N-ethyl adjacent to an activating group) is 1. The molecule has 0 fully saturated rings. The normalized spacial score (nSPS) is 17.0. The molecule has 18 heteroatoms. The van der Waals surface area contributed by atoms with Crippen LogP contribution in [0.25, 0.3) is 22.5 Å². The molecular formula is C47H53F3N8O7. The average Bonchev–Trinajstić information content (AvgIpc) is 3.28. The molecule has 1 aromatic heterocycles. The minimum atomic E-state index is -4.53. The molecule has 1 aliphatic rings. The molecule has 4 bridgehead atoms. The lowest BCUT2D eigenvalue weighted by molar-refractivity contribution is -0.142. The van der Waals surface area contributed by atoms with E-state index in [9.17, 15) is 42.4 Å². The molecule has 4 aromatic rings. The summed E-state index contributed by atoms with van der Waals surface area (Å²) in [4.78, 5) is 80.2. The molecular weight excluding hydrogens is 846 g/mol. The lowest BCUT2D eigenvalue weighted by atomic mass is 9.88. The van der Waals surface area contributed by atoms with Crippen LogP contribution < -0.4 is 32.0 Å². The van der Waals surface area contributed by atoms with Crippen LogP contribution in [0.4, 0.5) is 13.2 Å². The molecule has 3 aromatic carbocycles. The highest BCUT2D eigenvalue weighted by Crippen LogP contribution is 2.41. The van der Waals surface area contributed by atoms with Crippen molar-refractivity contribution >= 4 is 29.2 Å². The zero-order chi connectivity index (χ0) is 47.4. The summed E-state index contributed by atoms with van der Waals surface area (Å²) in [6, 6.07) is 14.1. The first-order valence-corrected chi connectivity index (χ1v) is 21.2. The van der Waals surface area contributed by atoms with Crippen molar-refractivity contribution in [2.24, 2.45) is 29.0 Å². The summed E-state index contributed by atoms with van der Waals surface area (Å²) < 4.78 is 51.6. The number of halogens is 3. The number of carbonyl (C=O) groups excluding carboxylic acids is 5. The Balaban J connectivity index is 1.55. The van der Waals surface area contributed by atoms with Crippen LogP contribution in [0.2, 0.25) is 0 Å². The SMILES string of the molecule is Cc1nc(-c2ccc(C(F)(F)F)cc2)ncc1C(=O)C[C@@H](CCN)C(=O)N(C)[C@@H]1C(=O)C[C@@H](C)C(=O)N[C@H](C(=O)CCC#N)Cc2ccc(OCCN)c(c2)-c2cc1ccc2OCCN.